The van der Waals surface area contributed by atoms with Gasteiger partial charge in [0.05, 0.1) is 6.10 Å². The maximum Gasteiger partial charge on any atom is 0.191 e. The summed E-state index contributed by atoms with van der Waals surface area (Å²) in [7, 11) is 1.89. The van der Waals surface area contributed by atoms with Crippen LogP contribution in [0.25, 0.3) is 0 Å². The van der Waals surface area contributed by atoms with E-state index in [0.717, 1.165) is 12.6 Å². The molecule has 0 bridgehead atoms. The number of rotatable bonds is 3. The van der Waals surface area contributed by atoms with Crippen molar-refractivity contribution in [2.24, 2.45) is 16.3 Å². The van der Waals surface area contributed by atoms with E-state index in [-0.39, 0.29) is 5.41 Å². The summed E-state index contributed by atoms with van der Waals surface area (Å²) in [5, 5.41) is 7.39. The van der Waals surface area contributed by atoms with Gasteiger partial charge in [0.1, 0.15) is 0 Å². The van der Waals surface area contributed by atoms with Crippen molar-refractivity contribution >= 4 is 5.96 Å². The average Bonchev–Trinajstić information content (AvgIpc) is 2.58. The Morgan fingerprint density at radius 3 is 2.50 bits per heavy atom. The number of aliphatic imine (C=N–C) groups is 1. The topological polar surface area (TPSA) is 48.9 Å². The SMILES string of the molecule is CN=C(NC1CCN(C(C)C)CC1)NC1C2CCCOC2C1(C)C. The molecule has 3 rings (SSSR count). The first kappa shape index (κ1) is 18.0. The minimum absolute atomic E-state index is 0.184. The van der Waals surface area contributed by atoms with Crippen molar-refractivity contribution in [1.82, 2.24) is 15.5 Å². The van der Waals surface area contributed by atoms with Crippen LogP contribution in [-0.2, 0) is 4.74 Å². The van der Waals surface area contributed by atoms with Crippen LogP contribution < -0.4 is 10.6 Å². The van der Waals surface area contributed by atoms with Crippen LogP contribution >= 0.6 is 0 Å². The van der Waals surface area contributed by atoms with Crippen LogP contribution in [0.4, 0.5) is 0 Å². The lowest BCUT2D eigenvalue weighted by Gasteiger charge is -2.60. The summed E-state index contributed by atoms with van der Waals surface area (Å²) >= 11 is 0. The molecule has 0 amide bonds. The van der Waals surface area contributed by atoms with Gasteiger partial charge in [-0.2, -0.15) is 0 Å². The summed E-state index contributed by atoms with van der Waals surface area (Å²) < 4.78 is 6.02. The smallest absolute Gasteiger partial charge is 0.191 e. The van der Waals surface area contributed by atoms with Gasteiger partial charge in [0.2, 0.25) is 0 Å². The fourth-order valence-electron chi connectivity index (χ4n) is 4.89. The lowest BCUT2D eigenvalue weighted by molar-refractivity contribution is -0.188. The van der Waals surface area contributed by atoms with E-state index in [0.29, 0.717) is 30.1 Å². The van der Waals surface area contributed by atoms with Gasteiger partial charge in [-0.15, -0.1) is 0 Å². The van der Waals surface area contributed by atoms with Gasteiger partial charge >= 0.3 is 0 Å². The molecule has 138 valence electrons. The van der Waals surface area contributed by atoms with E-state index in [4.69, 9.17) is 4.74 Å². The molecule has 2 saturated heterocycles. The molecule has 3 atom stereocenters. The first-order valence-corrected chi connectivity index (χ1v) is 9.79. The molecule has 3 fully saturated rings. The fraction of sp³-hybridized carbons (Fsp3) is 0.947. The molecular weight excluding hydrogens is 300 g/mol. The Hall–Kier alpha value is -0.810. The molecule has 24 heavy (non-hydrogen) atoms. The summed E-state index contributed by atoms with van der Waals surface area (Å²) in [6.45, 7) is 12.5. The molecule has 0 spiro atoms. The van der Waals surface area contributed by atoms with Crippen molar-refractivity contribution in [3.05, 3.63) is 0 Å². The standard InChI is InChI=1S/C19H36N4O/c1-13(2)23-10-8-14(9-11-23)21-18(20-5)22-16-15-7-6-12-24-17(15)19(16,3)4/h13-17H,6-12H2,1-5H3,(H2,20,21,22). The predicted molar refractivity (Wildman–Crippen MR) is 99.4 cm³/mol. The van der Waals surface area contributed by atoms with Crippen molar-refractivity contribution in [1.29, 1.82) is 0 Å². The van der Waals surface area contributed by atoms with Crippen LogP contribution in [-0.4, -0.2) is 61.8 Å². The monoisotopic (exact) mass is 336 g/mol. The molecule has 0 aromatic rings. The van der Waals surface area contributed by atoms with Gasteiger partial charge in [-0.25, -0.2) is 0 Å². The zero-order valence-electron chi connectivity index (χ0n) is 16.1. The highest BCUT2D eigenvalue weighted by atomic mass is 16.5. The highest BCUT2D eigenvalue weighted by molar-refractivity contribution is 5.80. The van der Waals surface area contributed by atoms with E-state index < -0.39 is 0 Å². The van der Waals surface area contributed by atoms with Crippen LogP contribution in [0.2, 0.25) is 0 Å². The maximum atomic E-state index is 6.02. The van der Waals surface area contributed by atoms with Gasteiger partial charge in [-0.3, -0.25) is 4.99 Å². The van der Waals surface area contributed by atoms with Gasteiger partial charge in [-0.1, -0.05) is 13.8 Å². The van der Waals surface area contributed by atoms with E-state index in [2.05, 4.69) is 48.2 Å². The van der Waals surface area contributed by atoms with E-state index in [9.17, 15) is 0 Å². The first-order valence-electron chi connectivity index (χ1n) is 9.79. The summed E-state index contributed by atoms with van der Waals surface area (Å²) in [6, 6.07) is 1.65. The zero-order chi connectivity index (χ0) is 17.3. The number of fused-ring (bicyclic) bond motifs is 1. The minimum atomic E-state index is 0.184. The van der Waals surface area contributed by atoms with Crippen molar-refractivity contribution in [3.8, 4) is 0 Å². The number of nitrogens with one attached hydrogen (secondary N) is 2. The third kappa shape index (κ3) is 3.43. The molecule has 3 aliphatic rings. The first-order chi connectivity index (χ1) is 11.4. The Balaban J connectivity index is 1.52. The van der Waals surface area contributed by atoms with Crippen LogP contribution in [0.3, 0.4) is 0 Å². The highest BCUT2D eigenvalue weighted by Crippen LogP contribution is 2.51. The Morgan fingerprint density at radius 1 is 1.17 bits per heavy atom. The molecule has 3 unspecified atom stereocenters. The van der Waals surface area contributed by atoms with Crippen molar-refractivity contribution < 1.29 is 4.74 Å². The number of piperidine rings is 1. The van der Waals surface area contributed by atoms with Crippen LogP contribution in [0, 0.1) is 11.3 Å². The Bertz CT molecular complexity index is 454. The van der Waals surface area contributed by atoms with Gasteiger partial charge in [0.15, 0.2) is 5.96 Å². The lowest BCUT2D eigenvalue weighted by Crippen LogP contribution is -2.71. The molecule has 2 heterocycles. The third-order valence-electron chi connectivity index (χ3n) is 6.45. The molecule has 0 radical (unpaired) electrons. The number of hydrogen-bond acceptors (Lipinski definition) is 3. The molecular formula is C19H36N4O. The van der Waals surface area contributed by atoms with Crippen LogP contribution in [0.15, 0.2) is 4.99 Å². The number of guanidine groups is 1. The molecule has 0 aromatic heterocycles. The Kier molecular flexibility index (Phi) is 5.40. The highest BCUT2D eigenvalue weighted by Gasteiger charge is 2.58. The number of hydrogen-bond donors (Lipinski definition) is 2. The second-order valence-corrected chi connectivity index (χ2v) is 8.66. The predicted octanol–water partition coefficient (Wildman–Crippen LogP) is 2.23. The average molecular weight is 337 g/mol. The van der Waals surface area contributed by atoms with Crippen LogP contribution in [0.1, 0.15) is 53.4 Å². The van der Waals surface area contributed by atoms with Gasteiger partial charge < -0.3 is 20.3 Å². The minimum Gasteiger partial charge on any atom is -0.377 e. The number of nitrogens with zero attached hydrogens (tertiary/aromatic N) is 2. The molecule has 2 aliphatic heterocycles. The second-order valence-electron chi connectivity index (χ2n) is 8.66. The van der Waals surface area contributed by atoms with Gasteiger partial charge in [0, 0.05) is 56.2 Å². The zero-order valence-corrected chi connectivity index (χ0v) is 16.1. The Labute approximate surface area is 147 Å². The van der Waals surface area contributed by atoms with E-state index in [1.165, 1.54) is 38.8 Å². The van der Waals surface area contributed by atoms with Gasteiger partial charge in [-0.05, 0) is 39.5 Å². The maximum absolute atomic E-state index is 6.02. The lowest BCUT2D eigenvalue weighted by atomic mass is 9.55. The third-order valence-corrected chi connectivity index (χ3v) is 6.45. The summed E-state index contributed by atoms with van der Waals surface area (Å²) in [4.78, 5) is 7.06. The van der Waals surface area contributed by atoms with Crippen molar-refractivity contribution in [3.63, 3.8) is 0 Å². The number of likely N-dealkylation sites (tertiary alicyclic amines) is 1. The molecule has 1 saturated carbocycles. The quantitative estimate of drug-likeness (QED) is 0.613. The molecule has 1 aliphatic carbocycles. The van der Waals surface area contributed by atoms with Crippen molar-refractivity contribution in [2.75, 3.05) is 26.7 Å². The largest absolute Gasteiger partial charge is 0.377 e. The Morgan fingerprint density at radius 2 is 1.88 bits per heavy atom. The molecule has 0 aromatic carbocycles. The van der Waals surface area contributed by atoms with Gasteiger partial charge in [0.25, 0.3) is 0 Å². The second kappa shape index (κ2) is 7.20. The summed E-state index contributed by atoms with van der Waals surface area (Å²) in [6.07, 6.45) is 5.27. The fourth-order valence-corrected chi connectivity index (χ4v) is 4.89. The summed E-state index contributed by atoms with van der Waals surface area (Å²) in [5.41, 5.74) is 0.184. The van der Waals surface area contributed by atoms with Crippen molar-refractivity contribution in [2.45, 2.75) is 77.6 Å². The van der Waals surface area contributed by atoms with Crippen LogP contribution in [0.5, 0.6) is 0 Å². The van der Waals surface area contributed by atoms with E-state index >= 15 is 0 Å². The molecule has 5 heteroatoms. The van der Waals surface area contributed by atoms with E-state index in [1.54, 1.807) is 0 Å². The molecule has 2 N–H and O–H groups in total. The van der Waals surface area contributed by atoms with E-state index in [1.807, 2.05) is 7.05 Å². The summed E-state index contributed by atoms with van der Waals surface area (Å²) in [5.74, 6) is 1.61. The molecule has 5 nitrogen and oxygen atoms in total. The normalized spacial score (nSPS) is 34.6. The number of ether oxygens (including phenoxy) is 1.